The van der Waals surface area contributed by atoms with Crippen molar-refractivity contribution in [3.63, 3.8) is 0 Å². The molecule has 2 atom stereocenters. The molecular weight excluding hydrogens is 892 g/mol. The van der Waals surface area contributed by atoms with Crippen molar-refractivity contribution in [3.8, 4) is 22.1 Å². The van der Waals surface area contributed by atoms with E-state index in [0.29, 0.717) is 39.6 Å². The first-order chi connectivity index (χ1) is 32.1. The Morgan fingerprint density at radius 1 is 0.806 bits per heavy atom. The number of rotatable bonds is 12. The molecule has 5 amide bonds. The number of nitrogens with zero attached hydrogens (tertiary/aromatic N) is 4. The lowest BCUT2D eigenvalue weighted by Gasteiger charge is -2.27. The third-order valence-corrected chi connectivity index (χ3v) is 12.5. The Labute approximate surface area is 381 Å². The van der Waals surface area contributed by atoms with Gasteiger partial charge < -0.3 is 10.6 Å². The second-order valence-electron chi connectivity index (χ2n) is 15.9. The minimum absolute atomic E-state index is 0.0101. The van der Waals surface area contributed by atoms with E-state index in [2.05, 4.69) is 31.1 Å². The number of alkyl halides is 3. The first-order valence-electron chi connectivity index (χ1n) is 20.9. The SMILES string of the molecule is Cc1[nH]n(-c2ccccc2)c(=O)c1C(c1ccc(C(=O)NCCNc2cccc3c2C(=O)N(C2CCC(=O)NC2=O)C3=O)cc1)c1c(C)[nH]n(-c2nc(-c3ccc(C(F)(F)F)cc3)cs2)c1=O. The fourth-order valence-electron chi connectivity index (χ4n) is 8.46. The molecule has 9 rings (SSSR count). The molecule has 5 N–H and O–H groups in total. The highest BCUT2D eigenvalue weighted by Gasteiger charge is 2.45. The van der Waals surface area contributed by atoms with Crippen LogP contribution in [0.3, 0.4) is 0 Å². The maximum atomic E-state index is 14.5. The average molecular weight is 930 g/mol. The summed E-state index contributed by atoms with van der Waals surface area (Å²) in [6, 6.07) is 23.4. The summed E-state index contributed by atoms with van der Waals surface area (Å²) in [6.45, 7) is 3.65. The van der Waals surface area contributed by atoms with Crippen LogP contribution in [0.1, 0.15) is 83.5 Å². The summed E-state index contributed by atoms with van der Waals surface area (Å²) in [5.74, 6) is -3.91. The van der Waals surface area contributed by atoms with Crippen LogP contribution in [0.5, 0.6) is 0 Å². The van der Waals surface area contributed by atoms with Crippen molar-refractivity contribution in [2.45, 2.75) is 44.8 Å². The lowest BCUT2D eigenvalue weighted by molar-refractivity contribution is -0.138. The number of thiazole rings is 1. The number of carbonyl (C=O) groups excluding carboxylic acids is 5. The monoisotopic (exact) mass is 929 g/mol. The molecule has 20 heteroatoms. The molecule has 16 nitrogen and oxygen atoms in total. The van der Waals surface area contributed by atoms with Crippen LogP contribution in [0.25, 0.3) is 22.1 Å². The van der Waals surface area contributed by atoms with E-state index >= 15 is 0 Å². The zero-order valence-corrected chi connectivity index (χ0v) is 36.3. The molecular formula is C47H38F3N9O7S. The smallest absolute Gasteiger partial charge is 0.383 e. The number of H-pyrrole nitrogens is 2. The van der Waals surface area contributed by atoms with Crippen molar-refractivity contribution in [1.29, 1.82) is 0 Å². The topological polar surface area (TPSA) is 213 Å². The van der Waals surface area contributed by atoms with Crippen LogP contribution >= 0.6 is 11.3 Å². The lowest BCUT2D eigenvalue weighted by atomic mass is 9.85. The number of fused-ring (bicyclic) bond motifs is 1. The Kier molecular flexibility index (Phi) is 11.4. The molecule has 0 radical (unpaired) electrons. The standard InChI is InChI=1S/C47H38F3N9O7S/c1-24-36(44(65)58(55-24)30-7-4-3-5-8-30)38(37-25(2)56-59(45(37)66)46-53-33(23-67-46)26-15-17-29(18-16-26)47(48,49)50)27-11-13-28(14-12-27)40(61)52-22-21-51-32-10-6-9-31-39(32)43(64)57(42(31)63)34-19-20-35(60)54-41(34)62/h3-18,23,34,38,51,55-56H,19-22H2,1-2H3,(H,52,61)(H,54,60,62). The largest absolute Gasteiger partial charge is 0.416 e. The van der Waals surface area contributed by atoms with Crippen LogP contribution in [-0.4, -0.2) is 78.1 Å². The Morgan fingerprint density at radius 2 is 1.48 bits per heavy atom. The summed E-state index contributed by atoms with van der Waals surface area (Å²) >= 11 is 1.10. The van der Waals surface area contributed by atoms with E-state index in [-0.39, 0.29) is 58.9 Å². The fraction of sp³-hybridized carbons (Fsp3) is 0.191. The number of halogens is 3. The number of carbonyl (C=O) groups is 5. The van der Waals surface area contributed by atoms with Crippen LogP contribution in [0, 0.1) is 13.8 Å². The quantitative estimate of drug-likeness (QED) is 0.0736. The Hall–Kier alpha value is -8.13. The van der Waals surface area contributed by atoms with Gasteiger partial charge in [-0.1, -0.05) is 48.5 Å². The number of hydrogen-bond donors (Lipinski definition) is 5. The van der Waals surface area contributed by atoms with Crippen molar-refractivity contribution in [1.82, 2.24) is 40.1 Å². The number of benzene rings is 4. The summed E-state index contributed by atoms with van der Waals surface area (Å²) in [5.41, 5.74) is 2.30. The van der Waals surface area contributed by atoms with Gasteiger partial charge in [-0.05, 0) is 74.4 Å². The zero-order chi connectivity index (χ0) is 47.3. The predicted octanol–water partition coefficient (Wildman–Crippen LogP) is 5.83. The molecule has 4 aromatic carbocycles. The van der Waals surface area contributed by atoms with Gasteiger partial charge in [0, 0.05) is 59.0 Å². The maximum absolute atomic E-state index is 14.5. The van der Waals surface area contributed by atoms with E-state index in [9.17, 15) is 46.7 Å². The minimum atomic E-state index is -4.51. The van der Waals surface area contributed by atoms with Gasteiger partial charge in [0.05, 0.1) is 39.2 Å². The second-order valence-corrected chi connectivity index (χ2v) is 16.8. The lowest BCUT2D eigenvalue weighted by Crippen LogP contribution is -2.54. The van der Waals surface area contributed by atoms with Gasteiger partial charge in [0.1, 0.15) is 6.04 Å². The molecule has 2 unspecified atom stereocenters. The van der Waals surface area contributed by atoms with Crippen molar-refractivity contribution < 1.29 is 37.1 Å². The van der Waals surface area contributed by atoms with Crippen molar-refractivity contribution >= 4 is 46.6 Å². The van der Waals surface area contributed by atoms with Gasteiger partial charge in [0.25, 0.3) is 28.8 Å². The molecule has 0 bridgehead atoms. The summed E-state index contributed by atoms with van der Waals surface area (Å²) in [6.07, 6.45) is -4.50. The first kappa shape index (κ1) is 44.1. The number of piperidine rings is 1. The van der Waals surface area contributed by atoms with Crippen LogP contribution in [0.4, 0.5) is 18.9 Å². The second kappa shape index (κ2) is 17.3. The number of aromatic amines is 2. The van der Waals surface area contributed by atoms with Crippen LogP contribution < -0.4 is 27.1 Å². The molecule has 2 aliphatic rings. The highest BCUT2D eigenvalue weighted by atomic mass is 32.1. The molecule has 1 saturated heterocycles. The van der Waals surface area contributed by atoms with E-state index < -0.39 is 64.4 Å². The Bertz CT molecular complexity index is 3240. The summed E-state index contributed by atoms with van der Waals surface area (Å²) < 4.78 is 42.3. The Morgan fingerprint density at radius 3 is 2.15 bits per heavy atom. The number of aromatic nitrogens is 5. The van der Waals surface area contributed by atoms with Crippen molar-refractivity contribution in [2.75, 3.05) is 18.4 Å². The van der Waals surface area contributed by atoms with E-state index in [1.807, 2.05) is 6.07 Å². The van der Waals surface area contributed by atoms with Gasteiger partial charge in [-0.3, -0.25) is 54.0 Å². The molecule has 2 aliphatic heterocycles. The van der Waals surface area contributed by atoms with Gasteiger partial charge in [0.15, 0.2) is 0 Å². The first-order valence-corrected chi connectivity index (χ1v) is 21.8. The highest BCUT2D eigenvalue weighted by Crippen LogP contribution is 2.35. The third kappa shape index (κ3) is 8.15. The number of hydrogen-bond acceptors (Lipinski definition) is 10. The van der Waals surface area contributed by atoms with Crippen LogP contribution in [-0.2, 0) is 15.8 Å². The van der Waals surface area contributed by atoms with Crippen molar-refractivity contribution in [2.24, 2.45) is 0 Å². The van der Waals surface area contributed by atoms with Gasteiger partial charge in [-0.2, -0.15) is 17.9 Å². The number of para-hydroxylation sites is 1. The highest BCUT2D eigenvalue weighted by molar-refractivity contribution is 7.12. The minimum Gasteiger partial charge on any atom is -0.383 e. The molecule has 1 fully saturated rings. The molecule has 0 spiro atoms. The zero-order valence-electron chi connectivity index (χ0n) is 35.5. The number of imide groups is 2. The average Bonchev–Trinajstić information content (AvgIpc) is 4.06. The normalized spacial score (nSPS) is 15.4. The molecule has 7 aromatic rings. The van der Waals surface area contributed by atoms with Gasteiger partial charge in [-0.25, -0.2) is 9.67 Å². The maximum Gasteiger partial charge on any atom is 0.416 e. The van der Waals surface area contributed by atoms with Gasteiger partial charge >= 0.3 is 6.18 Å². The number of amides is 5. The molecule has 340 valence electrons. The van der Waals surface area contributed by atoms with E-state index in [1.54, 1.807) is 79.9 Å². The summed E-state index contributed by atoms with van der Waals surface area (Å²) in [4.78, 5) is 98.7. The van der Waals surface area contributed by atoms with E-state index in [0.717, 1.165) is 28.4 Å². The molecule has 0 aliphatic carbocycles. The number of nitrogens with one attached hydrogen (secondary N) is 5. The molecule has 0 saturated carbocycles. The van der Waals surface area contributed by atoms with Crippen molar-refractivity contribution in [3.05, 3.63) is 173 Å². The third-order valence-electron chi connectivity index (χ3n) is 11.7. The predicted molar refractivity (Wildman–Crippen MR) is 240 cm³/mol. The number of anilines is 1. The van der Waals surface area contributed by atoms with E-state index in [4.69, 9.17) is 0 Å². The molecule has 3 aromatic heterocycles. The van der Waals surface area contributed by atoms with E-state index in [1.165, 1.54) is 27.6 Å². The fourth-order valence-corrected chi connectivity index (χ4v) is 9.26. The number of aryl methyl sites for hydroxylation is 2. The summed E-state index contributed by atoms with van der Waals surface area (Å²) in [7, 11) is 0. The van der Waals surface area contributed by atoms with Crippen LogP contribution in [0.2, 0.25) is 0 Å². The van der Waals surface area contributed by atoms with Gasteiger partial charge in [0.2, 0.25) is 16.9 Å². The molecule has 5 heterocycles. The van der Waals surface area contributed by atoms with Gasteiger partial charge in [-0.15, -0.1) is 11.3 Å². The summed E-state index contributed by atoms with van der Waals surface area (Å²) in [5, 5.41) is 16.1. The van der Waals surface area contributed by atoms with Crippen LogP contribution in [0.15, 0.2) is 112 Å². The molecule has 67 heavy (non-hydrogen) atoms. The Balaban J connectivity index is 0.957.